The van der Waals surface area contributed by atoms with Gasteiger partial charge in [0, 0.05) is 50.6 Å². The summed E-state index contributed by atoms with van der Waals surface area (Å²) in [6, 6.07) is 3.89. The zero-order valence-electron chi connectivity index (χ0n) is 15.3. The molecular formula is C19H24N6O. The Morgan fingerprint density at radius 2 is 2.19 bits per heavy atom. The van der Waals surface area contributed by atoms with Crippen LogP contribution in [0.1, 0.15) is 19.8 Å². The third-order valence-corrected chi connectivity index (χ3v) is 4.78. The summed E-state index contributed by atoms with van der Waals surface area (Å²) in [5, 5.41) is 5.39. The zero-order chi connectivity index (χ0) is 17.9. The molecule has 3 aromatic heterocycles. The van der Waals surface area contributed by atoms with E-state index in [0.29, 0.717) is 11.7 Å². The van der Waals surface area contributed by atoms with Gasteiger partial charge in [-0.2, -0.15) is 5.10 Å². The Balaban J connectivity index is 1.66. The molecule has 7 nitrogen and oxygen atoms in total. The van der Waals surface area contributed by atoms with Crippen LogP contribution in [0.5, 0.6) is 0 Å². The molecule has 1 atom stereocenters. The highest BCUT2D eigenvalue weighted by molar-refractivity contribution is 5.88. The van der Waals surface area contributed by atoms with E-state index in [-0.39, 0.29) is 0 Å². The Hall–Kier alpha value is -2.54. The predicted octanol–water partition coefficient (Wildman–Crippen LogP) is 2.68. The highest BCUT2D eigenvalue weighted by Gasteiger charge is 2.26. The first-order chi connectivity index (χ1) is 12.8. The summed E-state index contributed by atoms with van der Waals surface area (Å²) in [6.45, 7) is 5.73. The molecule has 4 heterocycles. The first-order valence-corrected chi connectivity index (χ1v) is 9.19. The number of fused-ring (bicyclic) bond motifs is 1. The van der Waals surface area contributed by atoms with Crippen LogP contribution in [-0.4, -0.2) is 51.0 Å². The van der Waals surface area contributed by atoms with Crippen molar-refractivity contribution in [2.75, 3.05) is 31.2 Å². The number of pyridine rings is 1. The van der Waals surface area contributed by atoms with Gasteiger partial charge in [0.2, 0.25) is 0 Å². The second-order valence-electron chi connectivity index (χ2n) is 6.79. The van der Waals surface area contributed by atoms with Crippen LogP contribution in [0.3, 0.4) is 0 Å². The second kappa shape index (κ2) is 7.37. The van der Waals surface area contributed by atoms with E-state index in [1.54, 1.807) is 17.1 Å². The fraction of sp³-hybridized carbons (Fsp3) is 0.474. The van der Waals surface area contributed by atoms with E-state index in [0.717, 1.165) is 61.6 Å². The van der Waals surface area contributed by atoms with E-state index in [1.807, 2.05) is 25.4 Å². The first kappa shape index (κ1) is 16.9. The van der Waals surface area contributed by atoms with Gasteiger partial charge in [0.25, 0.3) is 0 Å². The van der Waals surface area contributed by atoms with E-state index in [4.69, 9.17) is 14.7 Å². The molecule has 7 heteroatoms. The minimum atomic E-state index is 0.546. The molecule has 4 rings (SSSR count). The van der Waals surface area contributed by atoms with Crippen molar-refractivity contribution in [1.29, 1.82) is 0 Å². The highest BCUT2D eigenvalue weighted by Crippen LogP contribution is 2.30. The lowest BCUT2D eigenvalue weighted by Crippen LogP contribution is -2.23. The molecule has 0 N–H and O–H groups in total. The first-order valence-electron chi connectivity index (χ1n) is 9.19. The molecule has 0 aliphatic carbocycles. The van der Waals surface area contributed by atoms with Crippen LogP contribution in [0.25, 0.3) is 22.4 Å². The molecule has 3 aromatic rings. The van der Waals surface area contributed by atoms with Gasteiger partial charge in [0.15, 0.2) is 11.5 Å². The maximum absolute atomic E-state index is 5.75. The van der Waals surface area contributed by atoms with Gasteiger partial charge in [0.05, 0.1) is 18.2 Å². The van der Waals surface area contributed by atoms with Gasteiger partial charge < -0.3 is 9.64 Å². The molecule has 0 aromatic carbocycles. The fourth-order valence-corrected chi connectivity index (χ4v) is 3.43. The molecule has 0 radical (unpaired) electrons. The number of ether oxygens (including phenoxy) is 1. The molecule has 0 bridgehead atoms. The lowest BCUT2D eigenvalue weighted by molar-refractivity contribution is 0.106. The quantitative estimate of drug-likeness (QED) is 0.635. The van der Waals surface area contributed by atoms with Crippen molar-refractivity contribution in [2.24, 2.45) is 13.0 Å². The molecule has 1 saturated heterocycles. The molecular weight excluding hydrogens is 328 g/mol. The zero-order valence-corrected chi connectivity index (χ0v) is 15.3. The van der Waals surface area contributed by atoms with Crippen LogP contribution in [0, 0.1) is 5.92 Å². The monoisotopic (exact) mass is 352 g/mol. The van der Waals surface area contributed by atoms with Crippen molar-refractivity contribution in [3.05, 3.63) is 30.7 Å². The van der Waals surface area contributed by atoms with Gasteiger partial charge in [-0.25, -0.2) is 9.97 Å². The molecule has 0 unspecified atom stereocenters. The maximum atomic E-state index is 5.75. The normalized spacial score (nSPS) is 17.3. The average Bonchev–Trinajstić information content (AvgIpc) is 3.29. The van der Waals surface area contributed by atoms with Gasteiger partial charge in [-0.1, -0.05) is 6.92 Å². The molecule has 0 saturated carbocycles. The number of aryl methyl sites for hydroxylation is 1. The Bertz CT molecular complexity index is 878. The van der Waals surface area contributed by atoms with Crippen LogP contribution in [0.2, 0.25) is 0 Å². The van der Waals surface area contributed by atoms with Crippen LogP contribution >= 0.6 is 0 Å². The van der Waals surface area contributed by atoms with Crippen molar-refractivity contribution in [1.82, 2.24) is 24.7 Å². The van der Waals surface area contributed by atoms with E-state index >= 15 is 0 Å². The van der Waals surface area contributed by atoms with Gasteiger partial charge in [-0.3, -0.25) is 9.67 Å². The largest absolute Gasteiger partial charge is 0.381 e. The SMILES string of the molecule is CCCOC[C@@H]1CCN(c2nc(-c3cccnc3)nc3c2cnn3C)C1. The molecule has 0 spiro atoms. The highest BCUT2D eigenvalue weighted by atomic mass is 16.5. The van der Waals surface area contributed by atoms with E-state index < -0.39 is 0 Å². The summed E-state index contributed by atoms with van der Waals surface area (Å²) in [4.78, 5) is 16.1. The summed E-state index contributed by atoms with van der Waals surface area (Å²) in [5.41, 5.74) is 1.76. The smallest absolute Gasteiger partial charge is 0.165 e. The molecule has 1 aliphatic rings. The average molecular weight is 352 g/mol. The lowest BCUT2D eigenvalue weighted by Gasteiger charge is -2.19. The van der Waals surface area contributed by atoms with E-state index in [2.05, 4.69) is 21.9 Å². The maximum Gasteiger partial charge on any atom is 0.165 e. The molecule has 1 fully saturated rings. The molecule has 0 amide bonds. The summed E-state index contributed by atoms with van der Waals surface area (Å²) in [5.74, 6) is 2.19. The Labute approximate surface area is 153 Å². The van der Waals surface area contributed by atoms with E-state index in [9.17, 15) is 0 Å². The van der Waals surface area contributed by atoms with Crippen molar-refractivity contribution in [3.63, 3.8) is 0 Å². The number of anilines is 1. The van der Waals surface area contributed by atoms with Crippen molar-refractivity contribution in [3.8, 4) is 11.4 Å². The van der Waals surface area contributed by atoms with Gasteiger partial charge in [-0.15, -0.1) is 0 Å². The van der Waals surface area contributed by atoms with Crippen LogP contribution in [-0.2, 0) is 11.8 Å². The molecule has 26 heavy (non-hydrogen) atoms. The Kier molecular flexibility index (Phi) is 4.79. The second-order valence-corrected chi connectivity index (χ2v) is 6.79. The summed E-state index contributed by atoms with van der Waals surface area (Å²) >= 11 is 0. The summed E-state index contributed by atoms with van der Waals surface area (Å²) in [7, 11) is 1.91. The molecule has 136 valence electrons. The van der Waals surface area contributed by atoms with E-state index in [1.165, 1.54) is 0 Å². The van der Waals surface area contributed by atoms with Gasteiger partial charge >= 0.3 is 0 Å². The summed E-state index contributed by atoms with van der Waals surface area (Å²) in [6.07, 6.45) is 7.60. The van der Waals surface area contributed by atoms with Crippen molar-refractivity contribution in [2.45, 2.75) is 19.8 Å². The predicted molar refractivity (Wildman–Crippen MR) is 101 cm³/mol. The van der Waals surface area contributed by atoms with Gasteiger partial charge in [0.1, 0.15) is 5.82 Å². The third kappa shape index (κ3) is 3.26. The topological polar surface area (TPSA) is 69.0 Å². The van der Waals surface area contributed by atoms with Gasteiger partial charge in [-0.05, 0) is 25.0 Å². The van der Waals surface area contributed by atoms with Crippen LogP contribution in [0.4, 0.5) is 5.82 Å². The summed E-state index contributed by atoms with van der Waals surface area (Å²) < 4.78 is 7.56. The van der Waals surface area contributed by atoms with Crippen LogP contribution < -0.4 is 4.90 Å². The van der Waals surface area contributed by atoms with Crippen LogP contribution in [0.15, 0.2) is 30.7 Å². The number of rotatable bonds is 6. The Morgan fingerprint density at radius 1 is 1.27 bits per heavy atom. The minimum absolute atomic E-state index is 0.546. The number of hydrogen-bond acceptors (Lipinski definition) is 6. The minimum Gasteiger partial charge on any atom is -0.381 e. The lowest BCUT2D eigenvalue weighted by atomic mass is 10.1. The Morgan fingerprint density at radius 3 is 3.00 bits per heavy atom. The van der Waals surface area contributed by atoms with Crippen molar-refractivity contribution < 1.29 is 4.74 Å². The third-order valence-electron chi connectivity index (χ3n) is 4.78. The number of hydrogen-bond donors (Lipinski definition) is 0. The van der Waals surface area contributed by atoms with Crippen molar-refractivity contribution >= 4 is 16.9 Å². The molecule has 1 aliphatic heterocycles. The standard InChI is InChI=1S/C19H24N6O/c1-3-9-26-13-14-6-8-25(12-14)19-16-11-21-24(2)18(16)22-17(23-19)15-5-4-7-20-10-15/h4-5,7,10-11,14H,3,6,8-9,12-13H2,1-2H3/t14-/m1/s1. The number of aromatic nitrogens is 5. The fourth-order valence-electron chi connectivity index (χ4n) is 3.43. The number of nitrogens with zero attached hydrogens (tertiary/aromatic N) is 6.